The van der Waals surface area contributed by atoms with Gasteiger partial charge < -0.3 is 5.32 Å². The van der Waals surface area contributed by atoms with Gasteiger partial charge in [-0.2, -0.15) is 13.2 Å². The van der Waals surface area contributed by atoms with Gasteiger partial charge in [-0.05, 0) is 46.3 Å². The molecule has 0 fully saturated rings. The van der Waals surface area contributed by atoms with Gasteiger partial charge in [-0.15, -0.1) is 0 Å². The highest BCUT2D eigenvalue weighted by Gasteiger charge is 2.34. The Labute approximate surface area is 132 Å². The third kappa shape index (κ3) is 3.77. The van der Waals surface area contributed by atoms with E-state index in [1.54, 1.807) is 0 Å². The molecule has 2 aromatic carbocycles. The normalized spacial score (nSPS) is 11.3. The van der Waals surface area contributed by atoms with Gasteiger partial charge in [0, 0.05) is 9.50 Å². The first-order valence-electron chi connectivity index (χ1n) is 5.71. The summed E-state index contributed by atoms with van der Waals surface area (Å²) in [5.41, 5.74) is -1.08. The summed E-state index contributed by atoms with van der Waals surface area (Å²) in [6.07, 6.45) is -4.59. The number of alkyl halides is 3. The molecule has 0 aliphatic rings. The maximum atomic E-state index is 12.9. The predicted octanol–water partition coefficient (Wildman–Crippen LogP) is 5.37. The Kier molecular flexibility index (Phi) is 4.58. The van der Waals surface area contributed by atoms with E-state index in [0.29, 0.717) is 15.2 Å². The minimum Gasteiger partial charge on any atom is -0.321 e. The zero-order chi connectivity index (χ0) is 15.6. The van der Waals surface area contributed by atoms with Gasteiger partial charge in [-0.25, -0.2) is 0 Å². The van der Waals surface area contributed by atoms with Crippen molar-refractivity contribution in [1.29, 1.82) is 0 Å². The predicted molar refractivity (Wildman–Crippen MR) is 78.5 cm³/mol. The highest BCUT2D eigenvalue weighted by atomic mass is 79.9. The molecule has 2 aromatic rings. The van der Waals surface area contributed by atoms with Crippen molar-refractivity contribution < 1.29 is 18.0 Å². The molecular formula is C14H8BrClF3NO. The van der Waals surface area contributed by atoms with Crippen LogP contribution < -0.4 is 5.32 Å². The molecule has 0 spiro atoms. The van der Waals surface area contributed by atoms with Gasteiger partial charge in [0.1, 0.15) is 0 Å². The van der Waals surface area contributed by atoms with Gasteiger partial charge >= 0.3 is 6.18 Å². The summed E-state index contributed by atoms with van der Waals surface area (Å²) in [6.45, 7) is 0. The van der Waals surface area contributed by atoms with Crippen LogP contribution in [0.3, 0.4) is 0 Å². The van der Waals surface area contributed by atoms with Crippen LogP contribution >= 0.6 is 27.5 Å². The van der Waals surface area contributed by atoms with Crippen molar-refractivity contribution in [3.05, 3.63) is 63.1 Å². The van der Waals surface area contributed by atoms with E-state index in [9.17, 15) is 18.0 Å². The van der Waals surface area contributed by atoms with Crippen LogP contribution in [0.2, 0.25) is 5.02 Å². The first kappa shape index (κ1) is 15.9. The van der Waals surface area contributed by atoms with Crippen LogP contribution in [0.5, 0.6) is 0 Å². The lowest BCUT2D eigenvalue weighted by Crippen LogP contribution is -2.18. The van der Waals surface area contributed by atoms with Crippen LogP contribution in [0.15, 0.2) is 46.9 Å². The molecule has 0 radical (unpaired) electrons. The van der Waals surface area contributed by atoms with Crippen molar-refractivity contribution in [2.24, 2.45) is 0 Å². The van der Waals surface area contributed by atoms with Crippen LogP contribution in [0.1, 0.15) is 15.9 Å². The standard InChI is InChI=1S/C14H8BrClF3NO/c15-11-7-8(16)5-6-12(11)20-13(21)9-3-1-2-4-10(9)14(17,18)19/h1-7H,(H,20,21). The quantitative estimate of drug-likeness (QED) is 0.747. The third-order valence-corrected chi connectivity index (χ3v) is 3.55. The molecule has 0 heterocycles. The van der Waals surface area contributed by atoms with Crippen molar-refractivity contribution in [1.82, 2.24) is 0 Å². The Morgan fingerprint density at radius 1 is 1.14 bits per heavy atom. The van der Waals surface area contributed by atoms with Gasteiger partial charge in [0.2, 0.25) is 0 Å². The van der Waals surface area contributed by atoms with E-state index in [4.69, 9.17) is 11.6 Å². The molecule has 0 aliphatic heterocycles. The SMILES string of the molecule is O=C(Nc1ccc(Cl)cc1Br)c1ccccc1C(F)(F)F. The monoisotopic (exact) mass is 377 g/mol. The van der Waals surface area contributed by atoms with E-state index in [1.165, 1.54) is 30.3 Å². The smallest absolute Gasteiger partial charge is 0.321 e. The number of hydrogen-bond acceptors (Lipinski definition) is 1. The second-order valence-corrected chi connectivity index (χ2v) is 5.41. The van der Waals surface area contributed by atoms with E-state index >= 15 is 0 Å². The van der Waals surface area contributed by atoms with E-state index in [1.807, 2.05) is 0 Å². The summed E-state index contributed by atoms with van der Waals surface area (Å²) >= 11 is 8.95. The van der Waals surface area contributed by atoms with Gasteiger partial charge in [0.15, 0.2) is 0 Å². The summed E-state index contributed by atoms with van der Waals surface area (Å²) < 4.78 is 39.1. The number of carbonyl (C=O) groups is 1. The van der Waals surface area contributed by atoms with Gasteiger partial charge in [0.25, 0.3) is 5.91 Å². The molecule has 0 unspecified atom stereocenters. The van der Waals surface area contributed by atoms with Gasteiger partial charge in [-0.3, -0.25) is 4.79 Å². The van der Waals surface area contributed by atoms with Crippen molar-refractivity contribution in [3.8, 4) is 0 Å². The molecule has 1 N–H and O–H groups in total. The first-order chi connectivity index (χ1) is 9.79. The van der Waals surface area contributed by atoms with Crippen LogP contribution in [-0.2, 0) is 6.18 Å². The second-order valence-electron chi connectivity index (χ2n) is 4.12. The molecule has 0 aromatic heterocycles. The second kappa shape index (κ2) is 6.07. The average Bonchev–Trinajstić information content (AvgIpc) is 2.41. The van der Waals surface area contributed by atoms with Crippen molar-refractivity contribution in [3.63, 3.8) is 0 Å². The Balaban J connectivity index is 2.33. The van der Waals surface area contributed by atoms with Gasteiger partial charge in [0.05, 0.1) is 16.8 Å². The van der Waals surface area contributed by atoms with Crippen molar-refractivity contribution in [2.45, 2.75) is 6.18 Å². The van der Waals surface area contributed by atoms with E-state index in [0.717, 1.165) is 12.1 Å². The molecule has 0 bridgehead atoms. The largest absolute Gasteiger partial charge is 0.417 e. The molecule has 0 saturated carbocycles. The van der Waals surface area contributed by atoms with Crippen molar-refractivity contribution in [2.75, 3.05) is 5.32 Å². The number of anilines is 1. The summed E-state index contributed by atoms with van der Waals surface area (Å²) in [7, 11) is 0. The van der Waals surface area contributed by atoms with Gasteiger partial charge in [-0.1, -0.05) is 23.7 Å². The van der Waals surface area contributed by atoms with E-state index in [-0.39, 0.29) is 0 Å². The van der Waals surface area contributed by atoms with Crippen molar-refractivity contribution >= 4 is 39.1 Å². The average molecular weight is 379 g/mol. The maximum Gasteiger partial charge on any atom is 0.417 e. The zero-order valence-electron chi connectivity index (χ0n) is 10.3. The molecule has 21 heavy (non-hydrogen) atoms. The Morgan fingerprint density at radius 2 is 1.81 bits per heavy atom. The lowest BCUT2D eigenvalue weighted by molar-refractivity contribution is -0.137. The topological polar surface area (TPSA) is 29.1 Å². The molecule has 1 amide bonds. The highest BCUT2D eigenvalue weighted by Crippen LogP contribution is 2.33. The summed E-state index contributed by atoms with van der Waals surface area (Å²) in [5.74, 6) is -0.842. The fraction of sp³-hybridized carbons (Fsp3) is 0.0714. The molecule has 0 aliphatic carbocycles. The Bertz CT molecular complexity index is 688. The fourth-order valence-electron chi connectivity index (χ4n) is 1.71. The molecule has 2 nitrogen and oxygen atoms in total. The minimum atomic E-state index is -4.59. The Morgan fingerprint density at radius 3 is 2.43 bits per heavy atom. The summed E-state index contributed by atoms with van der Waals surface area (Å²) in [4.78, 5) is 12.1. The number of hydrogen-bond donors (Lipinski definition) is 1. The summed E-state index contributed by atoms with van der Waals surface area (Å²) in [5, 5.41) is 2.86. The number of amides is 1. The number of halogens is 5. The van der Waals surface area contributed by atoms with Crippen LogP contribution in [-0.4, -0.2) is 5.91 Å². The molecule has 7 heteroatoms. The number of benzene rings is 2. The molecule has 0 saturated heterocycles. The maximum absolute atomic E-state index is 12.9. The Hall–Kier alpha value is -1.53. The number of nitrogens with one attached hydrogen (secondary N) is 1. The molecule has 0 atom stereocenters. The van der Waals surface area contributed by atoms with Crippen LogP contribution in [0.25, 0.3) is 0 Å². The molecule has 110 valence electrons. The lowest BCUT2D eigenvalue weighted by atomic mass is 10.1. The summed E-state index contributed by atoms with van der Waals surface area (Å²) in [6, 6.07) is 9.16. The molecular weight excluding hydrogens is 371 g/mol. The van der Waals surface area contributed by atoms with E-state index < -0.39 is 23.2 Å². The number of carbonyl (C=O) groups excluding carboxylic acids is 1. The lowest BCUT2D eigenvalue weighted by Gasteiger charge is -2.13. The number of rotatable bonds is 2. The third-order valence-electron chi connectivity index (χ3n) is 2.66. The fourth-order valence-corrected chi connectivity index (χ4v) is 2.49. The van der Waals surface area contributed by atoms with E-state index in [2.05, 4.69) is 21.2 Å². The molecule has 2 rings (SSSR count). The first-order valence-corrected chi connectivity index (χ1v) is 6.89. The van der Waals surface area contributed by atoms with Crippen LogP contribution in [0, 0.1) is 0 Å². The van der Waals surface area contributed by atoms with Crippen LogP contribution in [0.4, 0.5) is 18.9 Å². The highest BCUT2D eigenvalue weighted by molar-refractivity contribution is 9.10. The zero-order valence-corrected chi connectivity index (χ0v) is 12.7. The minimum absolute atomic E-state index is 0.335.